The molecule has 1 aromatic heterocycles. The molecule has 1 aromatic carbocycles. The van der Waals surface area contributed by atoms with Gasteiger partial charge in [-0.2, -0.15) is 0 Å². The number of rotatable bonds is 7. The Labute approximate surface area is 162 Å². The molecule has 0 atom stereocenters. The number of carbonyl (C=O) groups excluding carboxylic acids is 2. The van der Waals surface area contributed by atoms with Crippen molar-refractivity contribution in [2.45, 2.75) is 32.4 Å². The number of aromatic nitrogens is 1. The first-order chi connectivity index (χ1) is 13.0. The van der Waals surface area contributed by atoms with Crippen LogP contribution in [0, 0.1) is 6.92 Å². The molecule has 0 bridgehead atoms. The molecule has 7 nitrogen and oxygen atoms in total. The van der Waals surface area contributed by atoms with Gasteiger partial charge in [0.2, 0.25) is 5.91 Å². The summed E-state index contributed by atoms with van der Waals surface area (Å²) < 4.78 is 5.71. The van der Waals surface area contributed by atoms with Crippen molar-refractivity contribution in [3.8, 4) is 5.75 Å². The second kappa shape index (κ2) is 8.96. The van der Waals surface area contributed by atoms with Crippen molar-refractivity contribution in [2.24, 2.45) is 5.73 Å². The van der Waals surface area contributed by atoms with E-state index in [-0.39, 0.29) is 24.4 Å². The third kappa shape index (κ3) is 5.77. The number of aryl methyl sites for hydroxylation is 1. The highest BCUT2D eigenvalue weighted by Crippen LogP contribution is 2.17. The van der Waals surface area contributed by atoms with E-state index in [0.717, 1.165) is 36.7 Å². The Balaban J connectivity index is 1.46. The zero-order valence-corrected chi connectivity index (χ0v) is 16.1. The predicted octanol–water partition coefficient (Wildman–Crippen LogP) is 1.71. The van der Waals surface area contributed by atoms with Crippen LogP contribution in [0.15, 0.2) is 29.6 Å². The molecule has 3 N–H and O–H groups in total. The number of likely N-dealkylation sites (tertiary alicyclic amines) is 1. The fourth-order valence-electron chi connectivity index (χ4n) is 2.98. The van der Waals surface area contributed by atoms with Crippen molar-refractivity contribution in [2.75, 3.05) is 19.6 Å². The monoisotopic (exact) mass is 388 g/mol. The number of nitrogens with one attached hydrogen (secondary N) is 1. The SMILES string of the molecule is Cc1ccc(OCc2nc(C(=O)NC3CCN(CC(N)=O)CC3)cs2)cc1. The van der Waals surface area contributed by atoms with Gasteiger partial charge in [-0.3, -0.25) is 14.5 Å². The molecule has 1 aliphatic rings. The van der Waals surface area contributed by atoms with E-state index in [2.05, 4.69) is 10.3 Å². The Bertz CT molecular complexity index is 783. The summed E-state index contributed by atoms with van der Waals surface area (Å²) in [5.74, 6) is 0.297. The lowest BCUT2D eigenvalue weighted by atomic mass is 10.0. The number of amides is 2. The van der Waals surface area contributed by atoms with Crippen LogP contribution in [-0.2, 0) is 11.4 Å². The Kier molecular flexibility index (Phi) is 6.41. The molecular formula is C19H24N4O3S. The van der Waals surface area contributed by atoms with Gasteiger partial charge in [-0.05, 0) is 31.9 Å². The quantitative estimate of drug-likeness (QED) is 0.753. The molecule has 27 heavy (non-hydrogen) atoms. The fourth-order valence-corrected chi connectivity index (χ4v) is 3.66. The zero-order chi connectivity index (χ0) is 19.2. The number of ether oxygens (including phenoxy) is 1. The molecule has 0 unspecified atom stereocenters. The minimum Gasteiger partial charge on any atom is -0.486 e. The van der Waals surface area contributed by atoms with E-state index in [0.29, 0.717) is 12.3 Å². The molecule has 1 aliphatic heterocycles. The van der Waals surface area contributed by atoms with Crippen LogP contribution >= 0.6 is 11.3 Å². The zero-order valence-electron chi connectivity index (χ0n) is 15.3. The third-order valence-corrected chi connectivity index (χ3v) is 5.29. The number of primary amides is 1. The first-order valence-electron chi connectivity index (χ1n) is 8.95. The Morgan fingerprint density at radius 2 is 2.00 bits per heavy atom. The fraction of sp³-hybridized carbons (Fsp3) is 0.421. The molecule has 0 saturated carbocycles. The van der Waals surface area contributed by atoms with Crippen LogP contribution in [0.3, 0.4) is 0 Å². The number of nitrogens with two attached hydrogens (primary N) is 1. The van der Waals surface area contributed by atoms with Crippen molar-refractivity contribution >= 4 is 23.2 Å². The van der Waals surface area contributed by atoms with Crippen molar-refractivity contribution in [1.82, 2.24) is 15.2 Å². The average Bonchev–Trinajstić information content (AvgIpc) is 3.12. The van der Waals surface area contributed by atoms with Crippen LogP contribution in [0.5, 0.6) is 5.75 Å². The lowest BCUT2D eigenvalue weighted by Crippen LogP contribution is -2.46. The van der Waals surface area contributed by atoms with Gasteiger partial charge < -0.3 is 15.8 Å². The lowest BCUT2D eigenvalue weighted by molar-refractivity contribution is -0.119. The molecule has 1 saturated heterocycles. The highest BCUT2D eigenvalue weighted by molar-refractivity contribution is 7.09. The average molecular weight is 388 g/mol. The van der Waals surface area contributed by atoms with Crippen molar-refractivity contribution < 1.29 is 14.3 Å². The number of benzene rings is 1. The van der Waals surface area contributed by atoms with Crippen LogP contribution in [-0.4, -0.2) is 47.4 Å². The van der Waals surface area contributed by atoms with E-state index in [1.807, 2.05) is 36.1 Å². The van der Waals surface area contributed by atoms with E-state index >= 15 is 0 Å². The van der Waals surface area contributed by atoms with E-state index in [9.17, 15) is 9.59 Å². The predicted molar refractivity (Wildman–Crippen MR) is 104 cm³/mol. The summed E-state index contributed by atoms with van der Waals surface area (Å²) in [7, 11) is 0. The van der Waals surface area contributed by atoms with Gasteiger partial charge in [0.15, 0.2) is 0 Å². The normalized spacial score (nSPS) is 15.4. The molecule has 2 heterocycles. The number of nitrogens with zero attached hydrogens (tertiary/aromatic N) is 2. The van der Waals surface area contributed by atoms with Gasteiger partial charge in [0.05, 0.1) is 6.54 Å². The van der Waals surface area contributed by atoms with Gasteiger partial charge in [-0.15, -0.1) is 11.3 Å². The smallest absolute Gasteiger partial charge is 0.270 e. The first kappa shape index (κ1) is 19.3. The number of thiazole rings is 1. The number of piperidine rings is 1. The molecule has 8 heteroatoms. The van der Waals surface area contributed by atoms with E-state index < -0.39 is 0 Å². The molecule has 0 spiro atoms. The van der Waals surface area contributed by atoms with Gasteiger partial charge in [0.25, 0.3) is 5.91 Å². The highest BCUT2D eigenvalue weighted by Gasteiger charge is 2.22. The van der Waals surface area contributed by atoms with E-state index in [4.69, 9.17) is 10.5 Å². The van der Waals surface area contributed by atoms with Crippen LogP contribution in [0.1, 0.15) is 33.9 Å². The van der Waals surface area contributed by atoms with Gasteiger partial charge >= 0.3 is 0 Å². The summed E-state index contributed by atoms with van der Waals surface area (Å²) in [5, 5.41) is 5.54. The summed E-state index contributed by atoms with van der Waals surface area (Å²) >= 11 is 1.41. The minimum atomic E-state index is -0.319. The Morgan fingerprint density at radius 1 is 1.30 bits per heavy atom. The van der Waals surface area contributed by atoms with E-state index in [1.165, 1.54) is 16.9 Å². The van der Waals surface area contributed by atoms with Crippen molar-refractivity contribution in [3.63, 3.8) is 0 Å². The number of hydrogen-bond donors (Lipinski definition) is 2. The maximum atomic E-state index is 12.4. The van der Waals surface area contributed by atoms with Gasteiger partial charge in [0.1, 0.15) is 23.1 Å². The van der Waals surface area contributed by atoms with Crippen molar-refractivity contribution in [1.29, 1.82) is 0 Å². The molecule has 1 fully saturated rings. The Morgan fingerprint density at radius 3 is 2.67 bits per heavy atom. The van der Waals surface area contributed by atoms with Crippen LogP contribution < -0.4 is 15.8 Å². The molecule has 0 radical (unpaired) electrons. The van der Waals surface area contributed by atoms with Crippen LogP contribution in [0.2, 0.25) is 0 Å². The maximum absolute atomic E-state index is 12.4. The molecule has 144 valence electrons. The number of carbonyl (C=O) groups is 2. The van der Waals surface area contributed by atoms with Gasteiger partial charge in [0, 0.05) is 24.5 Å². The second-order valence-electron chi connectivity index (χ2n) is 6.72. The standard InChI is InChI=1S/C19H24N4O3S/c1-13-2-4-15(5-3-13)26-11-18-22-16(12-27-18)19(25)21-14-6-8-23(9-7-14)10-17(20)24/h2-5,12,14H,6-11H2,1H3,(H2,20,24)(H,21,25). The molecule has 2 amide bonds. The maximum Gasteiger partial charge on any atom is 0.270 e. The third-order valence-electron chi connectivity index (χ3n) is 4.47. The summed E-state index contributed by atoms with van der Waals surface area (Å²) in [4.78, 5) is 29.7. The molecule has 0 aliphatic carbocycles. The highest BCUT2D eigenvalue weighted by atomic mass is 32.1. The summed E-state index contributed by atoms with van der Waals surface area (Å²) in [5.41, 5.74) is 6.81. The van der Waals surface area contributed by atoms with Gasteiger partial charge in [-0.25, -0.2) is 4.98 Å². The van der Waals surface area contributed by atoms with Crippen LogP contribution in [0.25, 0.3) is 0 Å². The molecule has 2 aromatic rings. The summed E-state index contributed by atoms with van der Waals surface area (Å²) in [6, 6.07) is 7.91. The minimum absolute atomic E-state index is 0.0931. The number of hydrogen-bond acceptors (Lipinski definition) is 6. The van der Waals surface area contributed by atoms with Gasteiger partial charge in [-0.1, -0.05) is 17.7 Å². The largest absolute Gasteiger partial charge is 0.486 e. The first-order valence-corrected chi connectivity index (χ1v) is 9.83. The van der Waals surface area contributed by atoms with Crippen molar-refractivity contribution in [3.05, 3.63) is 45.9 Å². The summed E-state index contributed by atoms with van der Waals surface area (Å²) in [6.07, 6.45) is 1.60. The Hall–Kier alpha value is -2.45. The molecule has 3 rings (SSSR count). The topological polar surface area (TPSA) is 97.6 Å². The van der Waals surface area contributed by atoms with Crippen LogP contribution in [0.4, 0.5) is 0 Å². The lowest BCUT2D eigenvalue weighted by Gasteiger charge is -2.31. The second-order valence-corrected chi connectivity index (χ2v) is 7.66. The summed E-state index contributed by atoms with van der Waals surface area (Å²) in [6.45, 7) is 4.14. The van der Waals surface area contributed by atoms with E-state index in [1.54, 1.807) is 5.38 Å². The molecular weight excluding hydrogens is 364 g/mol.